The van der Waals surface area contributed by atoms with Crippen LogP contribution in [0.4, 0.5) is 0 Å². The van der Waals surface area contributed by atoms with Crippen molar-refractivity contribution in [3.8, 4) is 5.19 Å². The summed E-state index contributed by atoms with van der Waals surface area (Å²) in [5, 5.41) is 3.01. The van der Waals surface area contributed by atoms with E-state index in [1.165, 1.54) is 11.3 Å². The van der Waals surface area contributed by atoms with Crippen molar-refractivity contribution in [1.82, 2.24) is 9.88 Å². The predicted octanol–water partition coefficient (Wildman–Crippen LogP) is 3.09. The van der Waals surface area contributed by atoms with Gasteiger partial charge in [-0.15, -0.1) is 0 Å². The minimum Gasteiger partial charge on any atom is -0.465 e. The van der Waals surface area contributed by atoms with Crippen LogP contribution >= 0.6 is 22.9 Å². The highest BCUT2D eigenvalue weighted by molar-refractivity contribution is 7.11. The van der Waals surface area contributed by atoms with Crippen LogP contribution in [0.1, 0.15) is 16.8 Å². The second-order valence-corrected chi connectivity index (χ2v) is 5.82. The van der Waals surface area contributed by atoms with E-state index < -0.39 is 0 Å². The van der Waals surface area contributed by atoms with Crippen molar-refractivity contribution >= 4 is 28.8 Å². The zero-order valence-electron chi connectivity index (χ0n) is 10.7. The lowest BCUT2D eigenvalue weighted by Crippen LogP contribution is -2.31. The summed E-state index contributed by atoms with van der Waals surface area (Å²) < 4.78 is 5.74. The molecule has 1 fully saturated rings. The van der Waals surface area contributed by atoms with E-state index in [-0.39, 0.29) is 12.0 Å². The average molecular weight is 309 g/mol. The first-order valence-corrected chi connectivity index (χ1v) is 7.60. The summed E-state index contributed by atoms with van der Waals surface area (Å²) in [6, 6.07) is 7.12. The third-order valence-electron chi connectivity index (χ3n) is 3.21. The van der Waals surface area contributed by atoms with E-state index in [4.69, 9.17) is 16.3 Å². The first-order valence-electron chi connectivity index (χ1n) is 6.34. The molecular formula is C14H13ClN2O2S. The second-order valence-electron chi connectivity index (χ2n) is 4.56. The number of amides is 1. The summed E-state index contributed by atoms with van der Waals surface area (Å²) in [4.78, 5) is 18.3. The van der Waals surface area contributed by atoms with Crippen LogP contribution in [0, 0.1) is 0 Å². The fraction of sp³-hybridized carbons (Fsp3) is 0.286. The van der Waals surface area contributed by atoms with Gasteiger partial charge in [-0.1, -0.05) is 35.1 Å². The summed E-state index contributed by atoms with van der Waals surface area (Å²) in [5.41, 5.74) is 0.545. The van der Waals surface area contributed by atoms with E-state index in [1.54, 1.807) is 23.2 Å². The molecule has 0 saturated carbocycles. The Morgan fingerprint density at radius 1 is 1.45 bits per heavy atom. The summed E-state index contributed by atoms with van der Waals surface area (Å²) in [6.45, 7) is 1.25. The second kappa shape index (κ2) is 5.81. The molecular weight excluding hydrogens is 296 g/mol. The van der Waals surface area contributed by atoms with Gasteiger partial charge in [0.2, 0.25) is 0 Å². The molecule has 20 heavy (non-hydrogen) atoms. The van der Waals surface area contributed by atoms with Crippen LogP contribution < -0.4 is 4.74 Å². The Hall–Kier alpha value is -1.59. The van der Waals surface area contributed by atoms with E-state index in [0.29, 0.717) is 28.9 Å². The quantitative estimate of drug-likeness (QED) is 0.875. The molecule has 1 aliphatic rings. The van der Waals surface area contributed by atoms with E-state index >= 15 is 0 Å². The summed E-state index contributed by atoms with van der Waals surface area (Å²) in [5.74, 6) is -0.0409. The molecule has 1 aliphatic heterocycles. The maximum atomic E-state index is 12.4. The lowest BCUT2D eigenvalue weighted by atomic mass is 10.2. The van der Waals surface area contributed by atoms with Gasteiger partial charge in [0.1, 0.15) is 6.10 Å². The third-order valence-corrected chi connectivity index (χ3v) is 4.20. The molecule has 0 N–H and O–H groups in total. The number of ether oxygens (including phenoxy) is 1. The molecule has 0 radical (unpaired) electrons. The van der Waals surface area contributed by atoms with Crippen molar-refractivity contribution in [3.63, 3.8) is 0 Å². The number of carbonyl (C=O) groups excluding carboxylic acids is 1. The van der Waals surface area contributed by atoms with E-state index in [1.807, 2.05) is 17.5 Å². The Bertz CT molecular complexity index is 603. The van der Waals surface area contributed by atoms with E-state index in [9.17, 15) is 4.79 Å². The van der Waals surface area contributed by atoms with Crippen molar-refractivity contribution in [2.45, 2.75) is 12.5 Å². The van der Waals surface area contributed by atoms with Crippen molar-refractivity contribution in [2.24, 2.45) is 0 Å². The van der Waals surface area contributed by atoms with Crippen LogP contribution in [0.5, 0.6) is 5.19 Å². The van der Waals surface area contributed by atoms with Gasteiger partial charge in [0.15, 0.2) is 0 Å². The van der Waals surface area contributed by atoms with Gasteiger partial charge in [0.05, 0.1) is 17.1 Å². The van der Waals surface area contributed by atoms with Gasteiger partial charge in [-0.25, -0.2) is 4.98 Å². The number of hydrogen-bond donors (Lipinski definition) is 0. The third kappa shape index (κ3) is 2.78. The molecule has 0 spiro atoms. The summed E-state index contributed by atoms with van der Waals surface area (Å²) >= 11 is 7.52. The number of rotatable bonds is 3. The minimum absolute atomic E-state index is 0.00703. The monoisotopic (exact) mass is 308 g/mol. The Labute approximate surface area is 126 Å². The van der Waals surface area contributed by atoms with Crippen LogP contribution in [0.25, 0.3) is 0 Å². The zero-order chi connectivity index (χ0) is 13.9. The lowest BCUT2D eigenvalue weighted by molar-refractivity contribution is 0.0772. The predicted molar refractivity (Wildman–Crippen MR) is 78.5 cm³/mol. The summed E-state index contributed by atoms with van der Waals surface area (Å²) in [7, 11) is 0. The first kappa shape index (κ1) is 13.4. The Morgan fingerprint density at radius 2 is 2.30 bits per heavy atom. The Kier molecular flexibility index (Phi) is 3.89. The molecule has 6 heteroatoms. The van der Waals surface area contributed by atoms with Gasteiger partial charge < -0.3 is 9.64 Å². The SMILES string of the molecule is O=C(c1ccccc1Cl)N1CCC(Oc2nccs2)C1. The highest BCUT2D eigenvalue weighted by Crippen LogP contribution is 2.23. The van der Waals surface area contributed by atoms with Crippen molar-refractivity contribution < 1.29 is 9.53 Å². The zero-order valence-corrected chi connectivity index (χ0v) is 12.2. The normalized spacial score (nSPS) is 18.2. The van der Waals surface area contributed by atoms with Gasteiger partial charge in [0.25, 0.3) is 11.1 Å². The standard InChI is InChI=1S/C14H13ClN2O2S/c15-12-4-2-1-3-11(12)13(18)17-7-5-10(9-17)19-14-16-6-8-20-14/h1-4,6,8,10H,5,7,9H2. The molecule has 104 valence electrons. The average Bonchev–Trinajstić information content (AvgIpc) is 3.11. The van der Waals surface area contributed by atoms with E-state index in [2.05, 4.69) is 4.98 Å². The van der Waals surface area contributed by atoms with Crippen LogP contribution in [0.15, 0.2) is 35.8 Å². The molecule has 0 aliphatic carbocycles. The number of thiazole rings is 1. The molecule has 2 aromatic rings. The molecule has 3 rings (SSSR count). The Morgan fingerprint density at radius 3 is 3.05 bits per heavy atom. The fourth-order valence-electron chi connectivity index (χ4n) is 2.22. The minimum atomic E-state index is -0.0409. The smallest absolute Gasteiger partial charge is 0.273 e. The molecule has 4 nitrogen and oxygen atoms in total. The topological polar surface area (TPSA) is 42.4 Å². The van der Waals surface area contributed by atoms with Gasteiger partial charge in [-0.3, -0.25) is 4.79 Å². The Balaban J connectivity index is 1.65. The number of likely N-dealkylation sites (tertiary alicyclic amines) is 1. The maximum absolute atomic E-state index is 12.4. The number of hydrogen-bond acceptors (Lipinski definition) is 4. The molecule has 1 amide bonds. The largest absolute Gasteiger partial charge is 0.465 e. The van der Waals surface area contributed by atoms with Crippen molar-refractivity contribution in [3.05, 3.63) is 46.4 Å². The number of aromatic nitrogens is 1. The van der Waals surface area contributed by atoms with Gasteiger partial charge >= 0.3 is 0 Å². The van der Waals surface area contributed by atoms with Gasteiger partial charge in [-0.2, -0.15) is 0 Å². The molecule has 1 aromatic carbocycles. The lowest BCUT2D eigenvalue weighted by Gasteiger charge is -2.17. The summed E-state index contributed by atoms with van der Waals surface area (Å²) in [6.07, 6.45) is 2.53. The highest BCUT2D eigenvalue weighted by atomic mass is 35.5. The van der Waals surface area contributed by atoms with Crippen molar-refractivity contribution in [1.29, 1.82) is 0 Å². The molecule has 1 unspecified atom stereocenters. The molecule has 2 heterocycles. The number of benzene rings is 1. The van der Waals surface area contributed by atoms with Gasteiger partial charge in [-0.05, 0) is 12.1 Å². The molecule has 1 saturated heterocycles. The van der Waals surface area contributed by atoms with E-state index in [0.717, 1.165) is 6.42 Å². The van der Waals surface area contributed by atoms with Crippen LogP contribution in [-0.2, 0) is 0 Å². The molecule has 0 bridgehead atoms. The van der Waals surface area contributed by atoms with Crippen LogP contribution in [0.3, 0.4) is 0 Å². The molecule has 1 aromatic heterocycles. The van der Waals surface area contributed by atoms with Crippen molar-refractivity contribution in [2.75, 3.05) is 13.1 Å². The van der Waals surface area contributed by atoms with Crippen LogP contribution in [-0.4, -0.2) is 35.0 Å². The molecule has 1 atom stereocenters. The number of nitrogens with zero attached hydrogens (tertiary/aromatic N) is 2. The number of halogens is 1. The first-order chi connectivity index (χ1) is 9.74. The highest BCUT2D eigenvalue weighted by Gasteiger charge is 2.29. The fourth-order valence-corrected chi connectivity index (χ4v) is 2.99. The van der Waals surface area contributed by atoms with Gasteiger partial charge in [0, 0.05) is 24.5 Å². The number of carbonyl (C=O) groups is 1. The van der Waals surface area contributed by atoms with Crippen LogP contribution in [0.2, 0.25) is 5.02 Å². The maximum Gasteiger partial charge on any atom is 0.273 e.